The fourth-order valence-electron chi connectivity index (χ4n) is 2.36. The number of anilines is 1. The first-order chi connectivity index (χ1) is 10.7. The topological polar surface area (TPSA) is 23.6 Å². The Bertz CT molecular complexity index is 655. The number of carbonyl (C=O) groups is 1. The highest BCUT2D eigenvalue weighted by atomic mass is 32.2. The molecule has 0 aromatic heterocycles. The molecular weight excluding hydrogens is 332 g/mol. The van der Waals surface area contributed by atoms with E-state index in [1.54, 1.807) is 4.90 Å². The van der Waals surface area contributed by atoms with Gasteiger partial charge in [0.1, 0.15) is 0 Å². The van der Waals surface area contributed by atoms with E-state index >= 15 is 0 Å². The predicted molar refractivity (Wildman–Crippen MR) is 100.0 cm³/mol. The van der Waals surface area contributed by atoms with Crippen LogP contribution in [0.1, 0.15) is 6.92 Å². The van der Waals surface area contributed by atoms with Crippen LogP contribution in [-0.4, -0.2) is 34.0 Å². The number of allylic oxidation sites excluding steroid dienone is 2. The molecule has 0 bridgehead atoms. The Kier molecular flexibility index (Phi) is 4.90. The molecule has 0 radical (unpaired) electrons. The smallest absolute Gasteiger partial charge is 0.270 e. The monoisotopic (exact) mass is 348 g/mol. The number of thioether (sulfide) groups is 2. The molecule has 22 heavy (non-hydrogen) atoms. The molecule has 2 saturated heterocycles. The second-order valence-electron chi connectivity index (χ2n) is 4.81. The van der Waals surface area contributed by atoms with Crippen LogP contribution in [0.3, 0.4) is 0 Å². The first-order valence-corrected chi connectivity index (χ1v) is 9.32. The molecule has 0 unspecified atom stereocenters. The van der Waals surface area contributed by atoms with E-state index in [4.69, 9.17) is 12.2 Å². The quantitative estimate of drug-likeness (QED) is 0.610. The van der Waals surface area contributed by atoms with Crippen LogP contribution in [0.2, 0.25) is 0 Å². The Balaban J connectivity index is 1.82. The van der Waals surface area contributed by atoms with Crippen LogP contribution in [0.5, 0.6) is 0 Å². The summed E-state index contributed by atoms with van der Waals surface area (Å²) >= 11 is 8.56. The Morgan fingerprint density at radius 2 is 2.05 bits per heavy atom. The van der Waals surface area contributed by atoms with E-state index in [0.29, 0.717) is 9.23 Å². The number of benzene rings is 1. The number of nitrogens with zero attached hydrogens (tertiary/aromatic N) is 2. The third-order valence-corrected chi connectivity index (χ3v) is 5.89. The Hall–Kier alpha value is -1.24. The lowest BCUT2D eigenvalue weighted by atomic mass is 10.3. The van der Waals surface area contributed by atoms with Crippen molar-refractivity contribution in [3.8, 4) is 0 Å². The van der Waals surface area contributed by atoms with Crippen molar-refractivity contribution in [3.63, 3.8) is 0 Å². The van der Waals surface area contributed by atoms with Crippen LogP contribution in [0.4, 0.5) is 5.69 Å². The van der Waals surface area contributed by atoms with Crippen molar-refractivity contribution >= 4 is 51.7 Å². The van der Waals surface area contributed by atoms with E-state index in [1.807, 2.05) is 54.2 Å². The molecule has 114 valence electrons. The predicted octanol–water partition coefficient (Wildman–Crippen LogP) is 3.85. The number of para-hydroxylation sites is 1. The molecule has 2 heterocycles. The standard InChI is InChI=1S/C16H16N2OS3/c1-2-17-10-11-21-14(17)9-8-13-15(19)18(16(20)22-13)12-6-4-3-5-7-12/h3-9H,2,10-11H2,1H3. The van der Waals surface area contributed by atoms with Gasteiger partial charge in [0.25, 0.3) is 5.91 Å². The van der Waals surface area contributed by atoms with Gasteiger partial charge in [-0.2, -0.15) is 0 Å². The van der Waals surface area contributed by atoms with E-state index in [0.717, 1.165) is 24.5 Å². The highest BCUT2D eigenvalue weighted by Crippen LogP contribution is 2.35. The molecule has 0 saturated carbocycles. The summed E-state index contributed by atoms with van der Waals surface area (Å²) in [6, 6.07) is 9.55. The number of carbonyl (C=O) groups excluding carboxylic acids is 1. The largest absolute Gasteiger partial charge is 0.366 e. The fourth-order valence-corrected chi connectivity index (χ4v) is 4.69. The number of amides is 1. The third-order valence-electron chi connectivity index (χ3n) is 3.49. The van der Waals surface area contributed by atoms with Gasteiger partial charge in [-0.05, 0) is 31.2 Å². The fraction of sp³-hybridized carbons (Fsp3) is 0.250. The first kappa shape index (κ1) is 15.6. The van der Waals surface area contributed by atoms with Crippen molar-refractivity contribution in [2.75, 3.05) is 23.7 Å². The van der Waals surface area contributed by atoms with E-state index < -0.39 is 0 Å². The summed E-state index contributed by atoms with van der Waals surface area (Å²) in [7, 11) is 0. The van der Waals surface area contributed by atoms with E-state index in [1.165, 1.54) is 16.8 Å². The number of rotatable bonds is 3. The zero-order chi connectivity index (χ0) is 15.5. The highest BCUT2D eigenvalue weighted by molar-refractivity contribution is 8.27. The molecule has 0 spiro atoms. The summed E-state index contributed by atoms with van der Waals surface area (Å²) in [5.41, 5.74) is 0.825. The number of hydrogen-bond acceptors (Lipinski definition) is 5. The van der Waals surface area contributed by atoms with Crippen molar-refractivity contribution < 1.29 is 4.79 Å². The highest BCUT2D eigenvalue weighted by Gasteiger charge is 2.32. The molecule has 0 atom stereocenters. The van der Waals surface area contributed by atoms with Crippen LogP contribution >= 0.6 is 35.7 Å². The zero-order valence-corrected chi connectivity index (χ0v) is 14.6. The molecule has 3 rings (SSSR count). The molecule has 0 N–H and O–H groups in total. The lowest BCUT2D eigenvalue weighted by Crippen LogP contribution is -2.27. The molecule has 0 aliphatic carbocycles. The average molecular weight is 349 g/mol. The van der Waals surface area contributed by atoms with Crippen molar-refractivity contribution in [1.82, 2.24) is 4.90 Å². The van der Waals surface area contributed by atoms with Crippen molar-refractivity contribution in [2.45, 2.75) is 6.92 Å². The van der Waals surface area contributed by atoms with Crippen LogP contribution in [0, 0.1) is 0 Å². The molecule has 2 aliphatic heterocycles. The van der Waals surface area contributed by atoms with E-state index in [2.05, 4.69) is 11.8 Å². The number of thiocarbonyl (C=S) groups is 1. The first-order valence-electron chi connectivity index (χ1n) is 7.11. The SMILES string of the molecule is CCN1CCSC1=CC=C1SC(=S)N(c2ccccc2)C1=O. The molecule has 3 nitrogen and oxygen atoms in total. The van der Waals surface area contributed by atoms with Gasteiger partial charge < -0.3 is 4.90 Å². The maximum atomic E-state index is 12.6. The Morgan fingerprint density at radius 1 is 1.27 bits per heavy atom. The minimum Gasteiger partial charge on any atom is -0.366 e. The van der Waals surface area contributed by atoms with Gasteiger partial charge in [0.05, 0.1) is 15.6 Å². The lowest BCUT2D eigenvalue weighted by Gasteiger charge is -2.15. The molecular formula is C16H16N2OS3. The average Bonchev–Trinajstić information content (AvgIpc) is 3.10. The summed E-state index contributed by atoms with van der Waals surface area (Å²) in [4.78, 5) is 17.2. The maximum Gasteiger partial charge on any atom is 0.270 e. The summed E-state index contributed by atoms with van der Waals surface area (Å²) in [5.74, 6) is 1.07. The number of hydrogen-bond donors (Lipinski definition) is 0. The second kappa shape index (κ2) is 6.89. The summed E-state index contributed by atoms with van der Waals surface area (Å²) < 4.78 is 0.590. The zero-order valence-electron chi connectivity index (χ0n) is 12.2. The van der Waals surface area contributed by atoms with Crippen molar-refractivity contribution in [1.29, 1.82) is 0 Å². The van der Waals surface area contributed by atoms with E-state index in [9.17, 15) is 4.79 Å². The summed E-state index contributed by atoms with van der Waals surface area (Å²) in [6.45, 7) is 4.22. The van der Waals surface area contributed by atoms with Gasteiger partial charge in [-0.1, -0.05) is 42.2 Å². The summed E-state index contributed by atoms with van der Waals surface area (Å²) in [5, 5.41) is 1.23. The maximum absolute atomic E-state index is 12.6. The van der Waals surface area contributed by atoms with Crippen molar-refractivity contribution in [3.05, 3.63) is 52.4 Å². The van der Waals surface area contributed by atoms with Crippen LogP contribution in [0.25, 0.3) is 0 Å². The van der Waals surface area contributed by atoms with Crippen LogP contribution < -0.4 is 4.90 Å². The lowest BCUT2D eigenvalue weighted by molar-refractivity contribution is -0.113. The van der Waals surface area contributed by atoms with Gasteiger partial charge in [0, 0.05) is 18.8 Å². The van der Waals surface area contributed by atoms with Crippen LogP contribution in [0.15, 0.2) is 52.4 Å². The van der Waals surface area contributed by atoms with Gasteiger partial charge in [-0.3, -0.25) is 9.69 Å². The molecule has 1 amide bonds. The van der Waals surface area contributed by atoms with Crippen LogP contribution in [-0.2, 0) is 4.79 Å². The second-order valence-corrected chi connectivity index (χ2v) is 7.60. The van der Waals surface area contributed by atoms with Gasteiger partial charge in [-0.15, -0.1) is 11.8 Å². The van der Waals surface area contributed by atoms with Crippen molar-refractivity contribution in [2.24, 2.45) is 0 Å². The Morgan fingerprint density at radius 3 is 2.77 bits per heavy atom. The summed E-state index contributed by atoms with van der Waals surface area (Å²) in [6.07, 6.45) is 3.94. The van der Waals surface area contributed by atoms with Gasteiger partial charge in [0.2, 0.25) is 0 Å². The van der Waals surface area contributed by atoms with Gasteiger partial charge >= 0.3 is 0 Å². The molecule has 6 heteroatoms. The van der Waals surface area contributed by atoms with Gasteiger partial charge in [0.15, 0.2) is 4.32 Å². The molecule has 1 aromatic rings. The van der Waals surface area contributed by atoms with E-state index in [-0.39, 0.29) is 5.91 Å². The third kappa shape index (κ3) is 3.09. The molecule has 1 aromatic carbocycles. The minimum absolute atomic E-state index is 0.0379. The normalized spacial score (nSPS) is 22.4. The Labute approximate surface area is 144 Å². The molecule has 2 fully saturated rings. The van der Waals surface area contributed by atoms with Gasteiger partial charge in [-0.25, -0.2) is 0 Å². The minimum atomic E-state index is -0.0379. The molecule has 2 aliphatic rings.